The summed E-state index contributed by atoms with van der Waals surface area (Å²) in [6.07, 6.45) is 7.94. The van der Waals surface area contributed by atoms with E-state index in [1.54, 1.807) is 0 Å². The lowest BCUT2D eigenvalue weighted by Gasteiger charge is -2.42. The molecular formula is C15H22N4O. The van der Waals surface area contributed by atoms with Gasteiger partial charge in [0.1, 0.15) is 5.82 Å². The van der Waals surface area contributed by atoms with Crippen LogP contribution >= 0.6 is 0 Å². The van der Waals surface area contributed by atoms with Crippen LogP contribution in [0.2, 0.25) is 0 Å². The number of hydrogen-bond donors (Lipinski definition) is 1. The number of rotatable bonds is 2. The van der Waals surface area contributed by atoms with E-state index in [9.17, 15) is 4.79 Å². The van der Waals surface area contributed by atoms with Gasteiger partial charge in [-0.3, -0.25) is 9.69 Å². The number of likely N-dealkylation sites (tertiary alicyclic amines) is 1. The lowest BCUT2D eigenvalue weighted by atomic mass is 9.72. The number of amides is 1. The second kappa shape index (κ2) is 5.48. The van der Waals surface area contributed by atoms with Crippen LogP contribution in [0.3, 0.4) is 0 Å². The van der Waals surface area contributed by atoms with Crippen LogP contribution in [-0.4, -0.2) is 40.4 Å². The van der Waals surface area contributed by atoms with E-state index >= 15 is 0 Å². The highest BCUT2D eigenvalue weighted by Crippen LogP contribution is 2.38. The van der Waals surface area contributed by atoms with Crippen LogP contribution in [0.1, 0.15) is 37.1 Å². The third kappa shape index (κ3) is 2.68. The van der Waals surface area contributed by atoms with Crippen LogP contribution in [0.25, 0.3) is 0 Å². The first-order chi connectivity index (χ1) is 9.68. The average molecular weight is 274 g/mol. The van der Waals surface area contributed by atoms with Gasteiger partial charge in [0.15, 0.2) is 0 Å². The molecule has 0 aromatic carbocycles. The van der Waals surface area contributed by atoms with Gasteiger partial charge in [-0.25, -0.2) is 9.97 Å². The van der Waals surface area contributed by atoms with E-state index in [4.69, 9.17) is 0 Å². The number of aryl methyl sites for hydroxylation is 1. The summed E-state index contributed by atoms with van der Waals surface area (Å²) in [5.41, 5.74) is 1.07. The molecule has 0 atom stereocenters. The molecule has 20 heavy (non-hydrogen) atoms. The van der Waals surface area contributed by atoms with Crippen molar-refractivity contribution in [1.82, 2.24) is 20.2 Å². The second-order valence-corrected chi connectivity index (χ2v) is 6.05. The van der Waals surface area contributed by atoms with E-state index in [0.717, 1.165) is 63.3 Å². The monoisotopic (exact) mass is 274 g/mol. The van der Waals surface area contributed by atoms with Crippen LogP contribution < -0.4 is 5.32 Å². The normalized spacial score (nSPS) is 22.8. The Morgan fingerprint density at radius 2 is 1.95 bits per heavy atom. The molecular weight excluding hydrogens is 252 g/mol. The topological polar surface area (TPSA) is 58.1 Å². The Balaban J connectivity index is 1.58. The highest BCUT2D eigenvalue weighted by atomic mass is 16.2. The fourth-order valence-electron chi connectivity index (χ4n) is 3.31. The van der Waals surface area contributed by atoms with Crippen molar-refractivity contribution in [2.24, 2.45) is 5.41 Å². The second-order valence-electron chi connectivity index (χ2n) is 6.05. The first-order valence-electron chi connectivity index (χ1n) is 7.46. The van der Waals surface area contributed by atoms with E-state index in [0.29, 0.717) is 0 Å². The van der Waals surface area contributed by atoms with Gasteiger partial charge < -0.3 is 5.32 Å². The van der Waals surface area contributed by atoms with Crippen LogP contribution in [0.5, 0.6) is 0 Å². The minimum Gasteiger partial charge on any atom is -0.356 e. The summed E-state index contributed by atoms with van der Waals surface area (Å²) in [6.45, 7) is 5.61. The number of carbonyl (C=O) groups is 1. The number of aromatic nitrogens is 2. The molecule has 2 saturated heterocycles. The third-order valence-electron chi connectivity index (χ3n) is 4.65. The van der Waals surface area contributed by atoms with Crippen molar-refractivity contribution in [1.29, 1.82) is 0 Å². The predicted octanol–water partition coefficient (Wildman–Crippen LogP) is 1.28. The largest absolute Gasteiger partial charge is 0.356 e. The molecule has 2 aliphatic heterocycles. The molecule has 0 saturated carbocycles. The van der Waals surface area contributed by atoms with Gasteiger partial charge in [-0.2, -0.15) is 0 Å². The molecule has 0 radical (unpaired) electrons. The fourth-order valence-corrected chi connectivity index (χ4v) is 3.31. The maximum absolute atomic E-state index is 12.1. The van der Waals surface area contributed by atoms with E-state index in [1.165, 1.54) is 0 Å². The molecule has 5 nitrogen and oxygen atoms in total. The molecule has 1 aromatic rings. The minimum absolute atomic E-state index is 0.0848. The summed E-state index contributed by atoms with van der Waals surface area (Å²) in [5, 5.41) is 3.04. The summed E-state index contributed by atoms with van der Waals surface area (Å²) in [6, 6.07) is 0. The average Bonchev–Trinajstić information content (AvgIpc) is 2.47. The number of piperidine rings is 2. The lowest BCUT2D eigenvalue weighted by molar-refractivity contribution is -0.136. The van der Waals surface area contributed by atoms with Crippen LogP contribution in [-0.2, 0) is 11.3 Å². The van der Waals surface area contributed by atoms with Crippen molar-refractivity contribution in [3.8, 4) is 0 Å². The molecule has 3 rings (SSSR count). The SMILES string of the molecule is Cc1ncc(CN2CCC3(CCCNC3=O)CC2)cn1. The van der Waals surface area contributed by atoms with Gasteiger partial charge >= 0.3 is 0 Å². The van der Waals surface area contributed by atoms with E-state index in [1.807, 2.05) is 19.3 Å². The summed E-state index contributed by atoms with van der Waals surface area (Å²) >= 11 is 0. The maximum Gasteiger partial charge on any atom is 0.226 e. The molecule has 1 spiro atoms. The molecule has 0 aliphatic carbocycles. The fraction of sp³-hybridized carbons (Fsp3) is 0.667. The Labute approximate surface area is 119 Å². The Kier molecular flexibility index (Phi) is 3.70. The third-order valence-corrected chi connectivity index (χ3v) is 4.65. The maximum atomic E-state index is 12.1. The number of carbonyl (C=O) groups excluding carboxylic acids is 1. The minimum atomic E-state index is -0.0848. The van der Waals surface area contributed by atoms with Gasteiger partial charge in [0.05, 0.1) is 5.41 Å². The highest BCUT2D eigenvalue weighted by Gasteiger charge is 2.42. The molecule has 5 heteroatoms. The van der Waals surface area contributed by atoms with Gasteiger partial charge in [-0.1, -0.05) is 0 Å². The van der Waals surface area contributed by atoms with Crippen molar-refractivity contribution in [2.45, 2.75) is 39.2 Å². The Morgan fingerprint density at radius 3 is 2.60 bits per heavy atom. The van der Waals surface area contributed by atoms with Crippen LogP contribution in [0.15, 0.2) is 12.4 Å². The van der Waals surface area contributed by atoms with E-state index in [2.05, 4.69) is 20.2 Å². The molecule has 108 valence electrons. The Hall–Kier alpha value is -1.49. The van der Waals surface area contributed by atoms with Crippen molar-refractivity contribution in [3.05, 3.63) is 23.8 Å². The molecule has 0 unspecified atom stereocenters. The zero-order valence-electron chi connectivity index (χ0n) is 12.1. The van der Waals surface area contributed by atoms with Gasteiger partial charge in [0, 0.05) is 31.0 Å². The summed E-state index contributed by atoms with van der Waals surface area (Å²) in [4.78, 5) is 23.0. The molecule has 3 heterocycles. The highest BCUT2D eigenvalue weighted by molar-refractivity contribution is 5.83. The van der Waals surface area contributed by atoms with Gasteiger partial charge in [0.25, 0.3) is 0 Å². The zero-order chi connectivity index (χ0) is 14.0. The smallest absolute Gasteiger partial charge is 0.226 e. The van der Waals surface area contributed by atoms with Crippen LogP contribution in [0, 0.1) is 12.3 Å². The first kappa shape index (κ1) is 13.5. The van der Waals surface area contributed by atoms with E-state index in [-0.39, 0.29) is 11.3 Å². The number of hydrogen-bond acceptors (Lipinski definition) is 4. The summed E-state index contributed by atoms with van der Waals surface area (Å²) in [5.74, 6) is 1.09. The molecule has 2 aliphatic rings. The zero-order valence-corrected chi connectivity index (χ0v) is 12.1. The van der Waals surface area contributed by atoms with Gasteiger partial charge in [-0.05, 0) is 45.7 Å². The Morgan fingerprint density at radius 1 is 1.25 bits per heavy atom. The molecule has 1 N–H and O–H groups in total. The molecule has 2 fully saturated rings. The molecule has 1 aromatic heterocycles. The predicted molar refractivity (Wildman–Crippen MR) is 76.0 cm³/mol. The number of nitrogens with zero attached hydrogens (tertiary/aromatic N) is 3. The van der Waals surface area contributed by atoms with Crippen molar-refractivity contribution in [3.63, 3.8) is 0 Å². The molecule has 1 amide bonds. The van der Waals surface area contributed by atoms with Crippen molar-refractivity contribution in [2.75, 3.05) is 19.6 Å². The van der Waals surface area contributed by atoms with Crippen molar-refractivity contribution < 1.29 is 4.79 Å². The Bertz CT molecular complexity index is 477. The standard InChI is InChI=1S/C15H22N4O/c1-12-17-9-13(10-18-12)11-19-7-4-15(5-8-19)3-2-6-16-14(15)20/h9-10H,2-8,11H2,1H3,(H,16,20). The van der Waals surface area contributed by atoms with Crippen molar-refractivity contribution >= 4 is 5.91 Å². The molecule has 0 bridgehead atoms. The van der Waals surface area contributed by atoms with Crippen LogP contribution in [0.4, 0.5) is 0 Å². The van der Waals surface area contributed by atoms with E-state index < -0.39 is 0 Å². The van der Waals surface area contributed by atoms with Gasteiger partial charge in [-0.15, -0.1) is 0 Å². The quantitative estimate of drug-likeness (QED) is 0.882. The summed E-state index contributed by atoms with van der Waals surface area (Å²) in [7, 11) is 0. The van der Waals surface area contributed by atoms with Gasteiger partial charge in [0.2, 0.25) is 5.91 Å². The first-order valence-corrected chi connectivity index (χ1v) is 7.46. The number of nitrogens with one attached hydrogen (secondary N) is 1. The lowest BCUT2D eigenvalue weighted by Crippen LogP contribution is -2.51. The summed E-state index contributed by atoms with van der Waals surface area (Å²) < 4.78 is 0.